The first kappa shape index (κ1) is 12.6. The van der Waals surface area contributed by atoms with Gasteiger partial charge in [0.05, 0.1) is 0 Å². The van der Waals surface area contributed by atoms with E-state index in [2.05, 4.69) is 9.97 Å². The second kappa shape index (κ2) is 4.41. The minimum Gasteiger partial charge on any atom is -0.388 e. The van der Waals surface area contributed by atoms with Crippen LogP contribution in [0.1, 0.15) is 19.7 Å². The highest BCUT2D eigenvalue weighted by molar-refractivity contribution is 5.69. The molecule has 0 amide bonds. The van der Waals surface area contributed by atoms with Crippen molar-refractivity contribution >= 4 is 11.2 Å². The van der Waals surface area contributed by atoms with Crippen LogP contribution in [-0.4, -0.2) is 24.2 Å². The van der Waals surface area contributed by atoms with Crippen molar-refractivity contribution in [3.05, 3.63) is 26.7 Å². The van der Waals surface area contributed by atoms with E-state index in [4.69, 9.17) is 5.11 Å². The van der Waals surface area contributed by atoms with Crippen molar-refractivity contribution in [2.24, 2.45) is 13.0 Å². The van der Waals surface area contributed by atoms with Crippen LogP contribution in [0.3, 0.4) is 0 Å². The molecule has 0 saturated carbocycles. The molecule has 0 aliphatic carbocycles. The summed E-state index contributed by atoms with van der Waals surface area (Å²) in [5.41, 5.74) is -0.262. The number of imidazole rings is 1. The topological polar surface area (TPSA) is 92.9 Å². The molecule has 0 spiro atoms. The number of aliphatic hydroxyl groups excluding tert-OH is 1. The lowest BCUT2D eigenvalue weighted by Gasteiger charge is -2.10. The Labute approximate surface area is 103 Å². The molecule has 18 heavy (non-hydrogen) atoms. The van der Waals surface area contributed by atoms with Gasteiger partial charge in [-0.15, -0.1) is 0 Å². The molecule has 0 radical (unpaired) electrons. The molecule has 7 nitrogen and oxygen atoms in total. The maximum Gasteiger partial charge on any atom is 0.332 e. The fourth-order valence-electron chi connectivity index (χ4n) is 1.89. The Balaban J connectivity index is 2.86. The second-order valence-electron chi connectivity index (χ2n) is 4.69. The van der Waals surface area contributed by atoms with Gasteiger partial charge in [-0.3, -0.25) is 13.9 Å². The number of nitrogens with zero attached hydrogens (tertiary/aromatic N) is 3. The molecule has 0 saturated heterocycles. The molecule has 2 aromatic heterocycles. The molecule has 0 bridgehead atoms. The fourth-order valence-corrected chi connectivity index (χ4v) is 1.89. The van der Waals surface area contributed by atoms with E-state index in [-0.39, 0.29) is 23.9 Å². The number of hydrogen-bond acceptors (Lipinski definition) is 4. The van der Waals surface area contributed by atoms with Crippen LogP contribution in [0.15, 0.2) is 9.59 Å². The van der Waals surface area contributed by atoms with Crippen LogP contribution in [0.25, 0.3) is 11.2 Å². The molecule has 0 fully saturated rings. The molecule has 0 atom stereocenters. The van der Waals surface area contributed by atoms with Gasteiger partial charge in [-0.2, -0.15) is 0 Å². The first-order valence-corrected chi connectivity index (χ1v) is 5.75. The van der Waals surface area contributed by atoms with Crippen molar-refractivity contribution < 1.29 is 5.11 Å². The van der Waals surface area contributed by atoms with E-state index in [1.165, 1.54) is 11.6 Å². The second-order valence-corrected chi connectivity index (χ2v) is 4.69. The Hall–Kier alpha value is -1.89. The summed E-state index contributed by atoms with van der Waals surface area (Å²) in [4.78, 5) is 30.8. The molecule has 0 unspecified atom stereocenters. The van der Waals surface area contributed by atoms with Crippen LogP contribution in [0.2, 0.25) is 0 Å². The lowest BCUT2D eigenvalue weighted by molar-refractivity contribution is 0.273. The number of H-pyrrole nitrogens is 1. The van der Waals surface area contributed by atoms with Crippen LogP contribution in [0.4, 0.5) is 0 Å². The lowest BCUT2D eigenvalue weighted by atomic mass is 10.2. The molecule has 2 N–H and O–H groups in total. The van der Waals surface area contributed by atoms with Crippen molar-refractivity contribution in [2.45, 2.75) is 27.0 Å². The predicted molar refractivity (Wildman–Crippen MR) is 66.4 cm³/mol. The summed E-state index contributed by atoms with van der Waals surface area (Å²) in [6.45, 7) is 4.12. The zero-order chi connectivity index (χ0) is 13.4. The van der Waals surface area contributed by atoms with E-state index in [1.54, 1.807) is 0 Å². The molecule has 0 aliphatic heterocycles. The van der Waals surface area contributed by atoms with Crippen LogP contribution >= 0.6 is 0 Å². The van der Waals surface area contributed by atoms with Gasteiger partial charge in [0, 0.05) is 13.6 Å². The minimum atomic E-state index is -0.429. The molecule has 0 aliphatic rings. The number of nitrogens with one attached hydrogen (secondary N) is 1. The number of hydrogen-bond donors (Lipinski definition) is 2. The number of rotatable bonds is 3. The SMILES string of the molecule is CC(C)Cn1c(=O)n(C)c(=O)c2[nH]c(CO)nc21. The monoisotopic (exact) mass is 252 g/mol. The third-order valence-corrected chi connectivity index (χ3v) is 2.72. The average molecular weight is 252 g/mol. The van der Waals surface area contributed by atoms with Crippen LogP contribution in [0.5, 0.6) is 0 Å². The van der Waals surface area contributed by atoms with Gasteiger partial charge in [-0.05, 0) is 5.92 Å². The average Bonchev–Trinajstić information content (AvgIpc) is 2.75. The summed E-state index contributed by atoms with van der Waals surface area (Å²) in [5.74, 6) is 0.530. The van der Waals surface area contributed by atoms with Gasteiger partial charge in [0.1, 0.15) is 17.9 Å². The van der Waals surface area contributed by atoms with E-state index in [9.17, 15) is 9.59 Å². The first-order chi connectivity index (χ1) is 8.45. The molecule has 2 heterocycles. The Morgan fingerprint density at radius 1 is 1.39 bits per heavy atom. The Morgan fingerprint density at radius 3 is 2.61 bits per heavy atom. The zero-order valence-electron chi connectivity index (χ0n) is 10.6. The molecule has 0 aromatic carbocycles. The van der Waals surface area contributed by atoms with Crippen LogP contribution < -0.4 is 11.2 Å². The normalized spacial score (nSPS) is 11.6. The lowest BCUT2D eigenvalue weighted by Crippen LogP contribution is -2.38. The fraction of sp³-hybridized carbons (Fsp3) is 0.545. The summed E-state index contributed by atoms with van der Waals surface area (Å²) >= 11 is 0. The maximum atomic E-state index is 12.0. The standard InChI is InChI=1S/C11H16N4O3/c1-6(2)4-15-9-8(12-7(5-16)13-9)10(17)14(3)11(15)18/h6,16H,4-5H2,1-3H3,(H,12,13). The third kappa shape index (κ3) is 1.86. The molecule has 2 aromatic rings. The van der Waals surface area contributed by atoms with E-state index in [0.29, 0.717) is 12.2 Å². The number of aromatic nitrogens is 4. The predicted octanol–water partition coefficient (Wildman–Crippen LogP) is -0.428. The van der Waals surface area contributed by atoms with Crippen LogP contribution in [0, 0.1) is 5.92 Å². The van der Waals surface area contributed by atoms with Gasteiger partial charge in [0.2, 0.25) is 0 Å². The molecule has 98 valence electrons. The van der Waals surface area contributed by atoms with Gasteiger partial charge in [-0.1, -0.05) is 13.8 Å². The molecule has 2 rings (SSSR count). The summed E-state index contributed by atoms with van der Waals surface area (Å²) in [7, 11) is 1.43. The van der Waals surface area contributed by atoms with Crippen molar-refractivity contribution in [2.75, 3.05) is 0 Å². The van der Waals surface area contributed by atoms with Crippen molar-refractivity contribution in [1.82, 2.24) is 19.1 Å². The quantitative estimate of drug-likeness (QED) is 0.775. The van der Waals surface area contributed by atoms with E-state index in [1.807, 2.05) is 13.8 Å². The third-order valence-electron chi connectivity index (χ3n) is 2.72. The summed E-state index contributed by atoms with van der Waals surface area (Å²) in [6, 6.07) is 0. The summed E-state index contributed by atoms with van der Waals surface area (Å²) < 4.78 is 2.50. The van der Waals surface area contributed by atoms with Gasteiger partial charge < -0.3 is 10.1 Å². The highest BCUT2D eigenvalue weighted by atomic mass is 16.3. The molecule has 7 heteroatoms. The Kier molecular flexibility index (Phi) is 3.08. The maximum absolute atomic E-state index is 12.0. The van der Waals surface area contributed by atoms with Gasteiger partial charge in [0.25, 0.3) is 5.56 Å². The van der Waals surface area contributed by atoms with Crippen LogP contribution in [-0.2, 0) is 20.2 Å². The van der Waals surface area contributed by atoms with E-state index < -0.39 is 11.2 Å². The Bertz CT molecular complexity index is 693. The largest absolute Gasteiger partial charge is 0.388 e. The van der Waals surface area contributed by atoms with Crippen molar-refractivity contribution in [3.8, 4) is 0 Å². The van der Waals surface area contributed by atoms with Gasteiger partial charge in [-0.25, -0.2) is 9.78 Å². The number of aliphatic hydroxyl groups is 1. The van der Waals surface area contributed by atoms with Crippen molar-refractivity contribution in [1.29, 1.82) is 0 Å². The smallest absolute Gasteiger partial charge is 0.332 e. The van der Waals surface area contributed by atoms with E-state index in [0.717, 1.165) is 4.57 Å². The Morgan fingerprint density at radius 2 is 2.06 bits per heavy atom. The highest BCUT2D eigenvalue weighted by Crippen LogP contribution is 2.07. The van der Waals surface area contributed by atoms with Gasteiger partial charge in [0.15, 0.2) is 5.65 Å². The zero-order valence-corrected chi connectivity index (χ0v) is 10.6. The summed E-state index contributed by atoms with van der Waals surface area (Å²) in [5, 5.41) is 9.05. The number of aromatic amines is 1. The van der Waals surface area contributed by atoms with Crippen molar-refractivity contribution in [3.63, 3.8) is 0 Å². The van der Waals surface area contributed by atoms with Gasteiger partial charge >= 0.3 is 5.69 Å². The number of fused-ring (bicyclic) bond motifs is 1. The minimum absolute atomic E-state index is 0.248. The van der Waals surface area contributed by atoms with E-state index >= 15 is 0 Å². The molecular formula is C11H16N4O3. The highest BCUT2D eigenvalue weighted by Gasteiger charge is 2.15. The first-order valence-electron chi connectivity index (χ1n) is 5.75. The summed E-state index contributed by atoms with van der Waals surface area (Å²) in [6.07, 6.45) is 0. The molecular weight excluding hydrogens is 236 g/mol.